The monoisotopic (exact) mass is 366 g/mol. The number of nitrogens with zero attached hydrogens (tertiary/aromatic N) is 4. The van der Waals surface area contributed by atoms with Crippen LogP contribution in [0.15, 0.2) is 49.1 Å². The number of piperidine rings is 1. The van der Waals surface area contributed by atoms with Crippen LogP contribution in [0, 0.1) is 6.92 Å². The van der Waals surface area contributed by atoms with Gasteiger partial charge in [-0.3, -0.25) is 9.78 Å². The van der Waals surface area contributed by atoms with Crippen LogP contribution in [0.1, 0.15) is 44.7 Å². The smallest absolute Gasteiger partial charge is 0.263 e. The zero-order valence-corrected chi connectivity index (χ0v) is 15.7. The number of hydrogen-bond acceptors (Lipinski definition) is 4. The van der Waals surface area contributed by atoms with Crippen molar-refractivity contribution < 1.29 is 4.79 Å². The van der Waals surface area contributed by atoms with E-state index in [0.29, 0.717) is 0 Å². The number of imidazole rings is 1. The van der Waals surface area contributed by atoms with Crippen LogP contribution in [0.25, 0.3) is 0 Å². The molecule has 1 aliphatic heterocycles. The van der Waals surface area contributed by atoms with E-state index in [2.05, 4.69) is 20.6 Å². The fourth-order valence-corrected chi connectivity index (χ4v) is 4.42. The third-order valence-electron chi connectivity index (χ3n) is 4.85. The molecule has 1 amide bonds. The van der Waals surface area contributed by atoms with E-state index < -0.39 is 0 Å². The minimum absolute atomic E-state index is 0.151. The maximum Gasteiger partial charge on any atom is 0.263 e. The quantitative estimate of drug-likeness (QED) is 0.707. The van der Waals surface area contributed by atoms with Gasteiger partial charge in [-0.25, -0.2) is 4.98 Å². The summed E-state index contributed by atoms with van der Waals surface area (Å²) in [5.74, 6) is 1.49. The first-order valence-corrected chi connectivity index (χ1v) is 9.78. The number of aryl methyl sites for hydroxylation is 1. The van der Waals surface area contributed by atoms with Crippen LogP contribution in [0.5, 0.6) is 0 Å². The summed E-state index contributed by atoms with van der Waals surface area (Å²) in [5.41, 5.74) is 1.16. The van der Waals surface area contributed by atoms with Crippen LogP contribution in [0.3, 0.4) is 0 Å². The number of amides is 1. The Balaban J connectivity index is 1.50. The van der Waals surface area contributed by atoms with Gasteiger partial charge in [0.25, 0.3) is 5.91 Å². The first-order valence-electron chi connectivity index (χ1n) is 8.96. The second-order valence-electron chi connectivity index (χ2n) is 6.78. The molecule has 0 saturated carbocycles. The zero-order valence-electron chi connectivity index (χ0n) is 14.8. The Kier molecular flexibility index (Phi) is 4.84. The van der Waals surface area contributed by atoms with Crippen LogP contribution in [-0.2, 0) is 6.54 Å². The van der Waals surface area contributed by atoms with Crippen molar-refractivity contribution in [3.05, 3.63) is 70.2 Å². The molecule has 4 heterocycles. The molecule has 0 aliphatic carbocycles. The minimum atomic E-state index is 0.151. The molecule has 0 unspecified atom stereocenters. The fraction of sp³-hybridized carbons (Fsp3) is 0.350. The molecular formula is C20H22N4OS. The number of pyridine rings is 1. The van der Waals surface area contributed by atoms with Gasteiger partial charge in [0.05, 0.1) is 11.4 Å². The van der Waals surface area contributed by atoms with Crippen molar-refractivity contribution in [3.8, 4) is 0 Å². The molecule has 4 rings (SSSR count). The Morgan fingerprint density at radius 3 is 3.00 bits per heavy atom. The van der Waals surface area contributed by atoms with E-state index in [-0.39, 0.29) is 11.8 Å². The highest BCUT2D eigenvalue weighted by Crippen LogP contribution is 2.28. The van der Waals surface area contributed by atoms with Crippen molar-refractivity contribution in [1.29, 1.82) is 0 Å². The number of likely N-dealkylation sites (tertiary alicyclic amines) is 1. The van der Waals surface area contributed by atoms with E-state index in [0.717, 1.165) is 48.7 Å². The average Bonchev–Trinajstić information content (AvgIpc) is 3.31. The van der Waals surface area contributed by atoms with Crippen molar-refractivity contribution in [2.45, 2.75) is 32.2 Å². The van der Waals surface area contributed by atoms with Crippen LogP contribution in [-0.4, -0.2) is 38.4 Å². The van der Waals surface area contributed by atoms with Crippen LogP contribution in [0.4, 0.5) is 0 Å². The van der Waals surface area contributed by atoms with E-state index in [1.807, 2.05) is 48.6 Å². The highest BCUT2D eigenvalue weighted by Gasteiger charge is 2.28. The third kappa shape index (κ3) is 3.55. The molecule has 1 aliphatic rings. The lowest BCUT2D eigenvalue weighted by Gasteiger charge is -2.32. The Morgan fingerprint density at radius 2 is 2.23 bits per heavy atom. The number of carbonyl (C=O) groups is 1. The average molecular weight is 366 g/mol. The summed E-state index contributed by atoms with van der Waals surface area (Å²) in [6, 6.07) is 7.98. The molecule has 5 nitrogen and oxygen atoms in total. The van der Waals surface area contributed by atoms with Crippen molar-refractivity contribution >= 4 is 17.2 Å². The zero-order chi connectivity index (χ0) is 17.9. The highest BCUT2D eigenvalue weighted by molar-refractivity contribution is 7.13. The molecule has 134 valence electrons. The van der Waals surface area contributed by atoms with Gasteiger partial charge in [-0.05, 0) is 43.5 Å². The molecule has 0 N–H and O–H groups in total. The lowest BCUT2D eigenvalue weighted by Crippen LogP contribution is -2.39. The molecule has 0 spiro atoms. The van der Waals surface area contributed by atoms with Gasteiger partial charge in [-0.1, -0.05) is 6.07 Å². The third-order valence-corrected chi connectivity index (χ3v) is 5.84. The van der Waals surface area contributed by atoms with Crippen molar-refractivity contribution in [2.75, 3.05) is 13.1 Å². The summed E-state index contributed by atoms with van der Waals surface area (Å²) in [6.45, 7) is 4.36. The van der Waals surface area contributed by atoms with Crippen molar-refractivity contribution in [1.82, 2.24) is 19.4 Å². The standard InChI is InChI=1S/C20H22N4OS/c1-15-6-7-18(26-15)20(25)24-10-3-5-17(14-24)19-22-9-11-23(19)13-16-4-2-8-21-12-16/h2,4,6-9,11-12,17H,3,5,10,13-14H2,1H3/t17-/m1/s1. The number of rotatable bonds is 4. The van der Waals surface area contributed by atoms with Crippen LogP contribution < -0.4 is 0 Å². The minimum Gasteiger partial charge on any atom is -0.337 e. The van der Waals surface area contributed by atoms with Gasteiger partial charge in [0.1, 0.15) is 5.82 Å². The SMILES string of the molecule is Cc1ccc(C(=O)N2CCC[C@@H](c3nccn3Cc3cccnc3)C2)s1. The summed E-state index contributed by atoms with van der Waals surface area (Å²) in [4.78, 5) is 25.6. The van der Waals surface area contributed by atoms with Crippen molar-refractivity contribution in [3.63, 3.8) is 0 Å². The molecule has 3 aromatic heterocycles. The normalized spacial score (nSPS) is 17.4. The summed E-state index contributed by atoms with van der Waals surface area (Å²) >= 11 is 1.57. The number of aromatic nitrogens is 3. The van der Waals surface area contributed by atoms with Gasteiger partial charge in [0, 0.05) is 48.7 Å². The molecule has 1 fully saturated rings. The highest BCUT2D eigenvalue weighted by atomic mass is 32.1. The molecule has 1 atom stereocenters. The van der Waals surface area contributed by atoms with E-state index in [4.69, 9.17) is 0 Å². The van der Waals surface area contributed by atoms with Crippen LogP contribution >= 0.6 is 11.3 Å². The molecule has 0 bridgehead atoms. The fourth-order valence-electron chi connectivity index (χ4n) is 3.58. The molecule has 26 heavy (non-hydrogen) atoms. The summed E-state index contributed by atoms with van der Waals surface area (Å²) in [7, 11) is 0. The largest absolute Gasteiger partial charge is 0.337 e. The summed E-state index contributed by atoms with van der Waals surface area (Å²) < 4.78 is 2.19. The number of carbonyl (C=O) groups excluding carboxylic acids is 1. The van der Waals surface area contributed by atoms with E-state index in [1.54, 1.807) is 17.5 Å². The Labute approximate surface area is 157 Å². The summed E-state index contributed by atoms with van der Waals surface area (Å²) in [6.07, 6.45) is 9.63. The van der Waals surface area contributed by atoms with Gasteiger partial charge in [0.2, 0.25) is 0 Å². The lowest BCUT2D eigenvalue weighted by atomic mass is 9.97. The number of thiophene rings is 1. The Morgan fingerprint density at radius 1 is 1.31 bits per heavy atom. The summed E-state index contributed by atoms with van der Waals surface area (Å²) in [5, 5.41) is 0. The number of hydrogen-bond donors (Lipinski definition) is 0. The van der Waals surface area contributed by atoms with Gasteiger partial charge in [0.15, 0.2) is 0 Å². The maximum absolute atomic E-state index is 12.8. The predicted molar refractivity (Wildman–Crippen MR) is 103 cm³/mol. The van der Waals surface area contributed by atoms with Gasteiger partial charge in [-0.2, -0.15) is 0 Å². The van der Waals surface area contributed by atoms with Crippen molar-refractivity contribution in [2.24, 2.45) is 0 Å². The first-order chi connectivity index (χ1) is 12.7. The molecular weight excluding hydrogens is 344 g/mol. The molecule has 0 radical (unpaired) electrons. The maximum atomic E-state index is 12.8. The topological polar surface area (TPSA) is 51.0 Å². The van der Waals surface area contributed by atoms with Gasteiger partial charge < -0.3 is 9.47 Å². The second kappa shape index (κ2) is 7.41. The molecule has 1 saturated heterocycles. The predicted octanol–water partition coefficient (Wildman–Crippen LogP) is 3.72. The van der Waals surface area contributed by atoms with E-state index >= 15 is 0 Å². The van der Waals surface area contributed by atoms with E-state index in [9.17, 15) is 4.79 Å². The lowest BCUT2D eigenvalue weighted by molar-refractivity contribution is 0.0708. The molecule has 0 aromatic carbocycles. The van der Waals surface area contributed by atoms with Gasteiger partial charge in [-0.15, -0.1) is 11.3 Å². The molecule has 6 heteroatoms. The Hall–Kier alpha value is -2.47. The second-order valence-corrected chi connectivity index (χ2v) is 8.06. The first kappa shape index (κ1) is 17.0. The van der Waals surface area contributed by atoms with Crippen LogP contribution in [0.2, 0.25) is 0 Å². The van der Waals surface area contributed by atoms with Gasteiger partial charge >= 0.3 is 0 Å². The Bertz CT molecular complexity index is 886. The van der Waals surface area contributed by atoms with E-state index in [1.165, 1.54) is 4.88 Å². The molecule has 3 aromatic rings.